The summed E-state index contributed by atoms with van der Waals surface area (Å²) in [7, 11) is 0. The maximum atomic E-state index is 2.40. The fraction of sp³-hybridized carbons (Fsp3) is 0.600. The van der Waals surface area contributed by atoms with Crippen LogP contribution in [0.3, 0.4) is 0 Å². The molecular formula is C15H22. The molecule has 0 spiro atoms. The third-order valence-electron chi connectivity index (χ3n) is 3.82. The van der Waals surface area contributed by atoms with Gasteiger partial charge in [-0.15, -0.1) is 0 Å². The molecule has 1 saturated carbocycles. The molecule has 0 heteroatoms. The highest BCUT2D eigenvalue weighted by Gasteiger charge is 2.17. The van der Waals surface area contributed by atoms with E-state index < -0.39 is 0 Å². The topological polar surface area (TPSA) is 0 Å². The molecule has 1 fully saturated rings. The average Bonchev–Trinajstić information content (AvgIpc) is 2.30. The summed E-state index contributed by atoms with van der Waals surface area (Å²) < 4.78 is 0. The van der Waals surface area contributed by atoms with Gasteiger partial charge in [0.25, 0.3) is 0 Å². The van der Waals surface area contributed by atoms with Crippen LogP contribution in [0.4, 0.5) is 0 Å². The number of hydrogen-bond acceptors (Lipinski definition) is 0. The molecular weight excluding hydrogens is 180 g/mol. The second kappa shape index (κ2) is 5.34. The maximum Gasteiger partial charge on any atom is -0.0276 e. The van der Waals surface area contributed by atoms with Crippen LogP contribution in [0.5, 0.6) is 0 Å². The third kappa shape index (κ3) is 3.37. The van der Waals surface area contributed by atoms with Crippen LogP contribution < -0.4 is 0 Å². The van der Waals surface area contributed by atoms with Crippen LogP contribution in [-0.2, 0) is 6.42 Å². The van der Waals surface area contributed by atoms with Gasteiger partial charge < -0.3 is 0 Å². The van der Waals surface area contributed by atoms with Gasteiger partial charge in [0.2, 0.25) is 0 Å². The molecule has 0 saturated heterocycles. The summed E-state index contributed by atoms with van der Waals surface area (Å²) in [6.07, 6.45) is 8.53. The average molecular weight is 202 g/mol. The molecule has 1 aromatic carbocycles. The first-order valence-electron chi connectivity index (χ1n) is 6.38. The van der Waals surface area contributed by atoms with E-state index >= 15 is 0 Å². The van der Waals surface area contributed by atoms with Crippen LogP contribution in [0.1, 0.15) is 44.6 Å². The summed E-state index contributed by atoms with van der Waals surface area (Å²) in [5, 5.41) is 0. The standard InChI is InChI=1S/C15H22/c1-13-7-9-15(10-8-13)12-11-14-5-3-2-4-6-14/h2-6,13,15H,7-12H2,1H3. The molecule has 0 unspecified atom stereocenters. The zero-order chi connectivity index (χ0) is 10.5. The largest absolute Gasteiger partial charge is 0.0625 e. The van der Waals surface area contributed by atoms with E-state index in [2.05, 4.69) is 37.3 Å². The summed E-state index contributed by atoms with van der Waals surface area (Å²) in [5.41, 5.74) is 1.51. The number of hydrogen-bond donors (Lipinski definition) is 0. The Morgan fingerprint density at radius 3 is 2.33 bits per heavy atom. The molecule has 0 aromatic heterocycles. The third-order valence-corrected chi connectivity index (χ3v) is 3.82. The Balaban J connectivity index is 1.74. The Morgan fingerprint density at radius 1 is 1.00 bits per heavy atom. The summed E-state index contributed by atoms with van der Waals surface area (Å²) in [6.45, 7) is 2.40. The van der Waals surface area contributed by atoms with Crippen molar-refractivity contribution in [1.82, 2.24) is 0 Å². The van der Waals surface area contributed by atoms with Gasteiger partial charge in [0.1, 0.15) is 0 Å². The molecule has 0 aliphatic heterocycles. The lowest BCUT2D eigenvalue weighted by Gasteiger charge is -2.26. The Labute approximate surface area is 93.7 Å². The van der Waals surface area contributed by atoms with Crippen molar-refractivity contribution >= 4 is 0 Å². The summed E-state index contributed by atoms with van der Waals surface area (Å²) in [5.74, 6) is 1.99. The van der Waals surface area contributed by atoms with Crippen LogP contribution >= 0.6 is 0 Å². The van der Waals surface area contributed by atoms with Crippen molar-refractivity contribution in [3.63, 3.8) is 0 Å². The van der Waals surface area contributed by atoms with Gasteiger partial charge in [-0.1, -0.05) is 62.9 Å². The fourth-order valence-corrected chi connectivity index (χ4v) is 2.63. The van der Waals surface area contributed by atoms with Crippen LogP contribution in [0.15, 0.2) is 30.3 Å². The highest BCUT2D eigenvalue weighted by atomic mass is 14.2. The van der Waals surface area contributed by atoms with E-state index in [1.54, 1.807) is 0 Å². The molecule has 0 N–H and O–H groups in total. The second-order valence-corrected chi connectivity index (χ2v) is 5.15. The molecule has 2 rings (SSSR count). The van der Waals surface area contributed by atoms with Gasteiger partial charge in [0.05, 0.1) is 0 Å². The van der Waals surface area contributed by atoms with E-state index in [-0.39, 0.29) is 0 Å². The molecule has 1 aromatic rings. The van der Waals surface area contributed by atoms with Crippen molar-refractivity contribution in [3.8, 4) is 0 Å². The fourth-order valence-electron chi connectivity index (χ4n) is 2.63. The van der Waals surface area contributed by atoms with E-state index in [1.807, 2.05) is 0 Å². The normalized spacial score (nSPS) is 26.5. The monoisotopic (exact) mass is 202 g/mol. The smallest absolute Gasteiger partial charge is 0.0276 e. The van der Waals surface area contributed by atoms with Crippen LogP contribution in [-0.4, -0.2) is 0 Å². The van der Waals surface area contributed by atoms with Gasteiger partial charge in [-0.25, -0.2) is 0 Å². The first-order chi connectivity index (χ1) is 7.34. The van der Waals surface area contributed by atoms with E-state index in [1.165, 1.54) is 44.1 Å². The predicted molar refractivity (Wildman–Crippen MR) is 65.9 cm³/mol. The van der Waals surface area contributed by atoms with Gasteiger partial charge in [-0.05, 0) is 30.2 Å². The van der Waals surface area contributed by atoms with E-state index in [0.29, 0.717) is 0 Å². The molecule has 0 atom stereocenters. The Kier molecular flexibility index (Phi) is 3.82. The minimum absolute atomic E-state index is 0.984. The maximum absolute atomic E-state index is 2.40. The highest BCUT2D eigenvalue weighted by Crippen LogP contribution is 2.31. The Hall–Kier alpha value is -0.780. The van der Waals surface area contributed by atoms with Gasteiger partial charge in [-0.2, -0.15) is 0 Å². The number of benzene rings is 1. The zero-order valence-corrected chi connectivity index (χ0v) is 9.78. The van der Waals surface area contributed by atoms with E-state index in [9.17, 15) is 0 Å². The quantitative estimate of drug-likeness (QED) is 0.679. The number of aryl methyl sites for hydroxylation is 1. The minimum atomic E-state index is 0.984. The van der Waals surface area contributed by atoms with Crippen molar-refractivity contribution in [2.24, 2.45) is 11.8 Å². The van der Waals surface area contributed by atoms with Crippen LogP contribution in [0.25, 0.3) is 0 Å². The van der Waals surface area contributed by atoms with Crippen molar-refractivity contribution in [2.75, 3.05) is 0 Å². The lowest BCUT2D eigenvalue weighted by Crippen LogP contribution is -2.12. The Morgan fingerprint density at radius 2 is 1.67 bits per heavy atom. The molecule has 0 bridgehead atoms. The van der Waals surface area contributed by atoms with E-state index in [4.69, 9.17) is 0 Å². The van der Waals surface area contributed by atoms with Gasteiger partial charge in [-0.3, -0.25) is 0 Å². The van der Waals surface area contributed by atoms with Gasteiger partial charge >= 0.3 is 0 Å². The molecule has 1 aliphatic rings. The molecule has 0 nitrogen and oxygen atoms in total. The lowest BCUT2D eigenvalue weighted by atomic mass is 9.80. The molecule has 82 valence electrons. The minimum Gasteiger partial charge on any atom is -0.0625 e. The molecule has 0 radical (unpaired) electrons. The van der Waals surface area contributed by atoms with Gasteiger partial charge in [0.15, 0.2) is 0 Å². The summed E-state index contributed by atoms with van der Waals surface area (Å²) >= 11 is 0. The van der Waals surface area contributed by atoms with Crippen LogP contribution in [0.2, 0.25) is 0 Å². The lowest BCUT2D eigenvalue weighted by molar-refractivity contribution is 0.278. The van der Waals surface area contributed by atoms with Crippen molar-refractivity contribution < 1.29 is 0 Å². The molecule has 1 aliphatic carbocycles. The first kappa shape index (κ1) is 10.7. The molecule has 0 amide bonds. The van der Waals surface area contributed by atoms with E-state index in [0.717, 1.165) is 11.8 Å². The first-order valence-corrected chi connectivity index (χ1v) is 6.38. The van der Waals surface area contributed by atoms with Crippen LogP contribution in [0, 0.1) is 11.8 Å². The Bertz CT molecular complexity index is 267. The molecule has 15 heavy (non-hydrogen) atoms. The molecule has 0 heterocycles. The predicted octanol–water partition coefficient (Wildman–Crippen LogP) is 4.45. The SMILES string of the molecule is CC1CCC(CCc2ccccc2)CC1. The highest BCUT2D eigenvalue weighted by molar-refractivity contribution is 5.14. The summed E-state index contributed by atoms with van der Waals surface area (Å²) in [6, 6.07) is 10.9. The van der Waals surface area contributed by atoms with Crippen molar-refractivity contribution in [2.45, 2.75) is 45.4 Å². The van der Waals surface area contributed by atoms with Crippen molar-refractivity contribution in [3.05, 3.63) is 35.9 Å². The second-order valence-electron chi connectivity index (χ2n) is 5.15. The summed E-state index contributed by atoms with van der Waals surface area (Å²) in [4.78, 5) is 0. The zero-order valence-electron chi connectivity index (χ0n) is 9.78. The van der Waals surface area contributed by atoms with Gasteiger partial charge in [0, 0.05) is 0 Å². The van der Waals surface area contributed by atoms with Crippen molar-refractivity contribution in [1.29, 1.82) is 0 Å². The number of rotatable bonds is 3.